The maximum absolute atomic E-state index is 12.5. The first-order chi connectivity index (χ1) is 11.6. The fourth-order valence-corrected chi connectivity index (χ4v) is 2.57. The molecule has 5 heteroatoms. The highest BCUT2D eigenvalue weighted by Crippen LogP contribution is 2.19. The van der Waals surface area contributed by atoms with Crippen LogP contribution in [-0.4, -0.2) is 22.0 Å². The molecule has 0 aliphatic heterocycles. The Kier molecular flexibility index (Phi) is 4.52. The van der Waals surface area contributed by atoms with Crippen LogP contribution in [0.4, 0.5) is 0 Å². The van der Waals surface area contributed by atoms with Gasteiger partial charge in [0.2, 0.25) is 0 Å². The van der Waals surface area contributed by atoms with Crippen molar-refractivity contribution in [2.24, 2.45) is 0 Å². The number of hydrogen-bond donors (Lipinski definition) is 2. The van der Waals surface area contributed by atoms with E-state index < -0.39 is 12.0 Å². The monoisotopic (exact) mass is 320 g/mol. The Morgan fingerprint density at radius 2 is 1.83 bits per heavy atom. The van der Waals surface area contributed by atoms with E-state index in [-0.39, 0.29) is 12.3 Å². The van der Waals surface area contributed by atoms with E-state index >= 15 is 0 Å². The Bertz CT molecular complexity index is 878. The van der Waals surface area contributed by atoms with Gasteiger partial charge < -0.3 is 10.4 Å². The number of carbonyl (C=O) groups excluding carboxylic acids is 1. The van der Waals surface area contributed by atoms with Crippen molar-refractivity contribution in [1.82, 2.24) is 10.3 Å². The molecule has 0 saturated heterocycles. The summed E-state index contributed by atoms with van der Waals surface area (Å²) >= 11 is 0. The van der Waals surface area contributed by atoms with Crippen LogP contribution in [0.1, 0.15) is 28.4 Å². The lowest BCUT2D eigenvalue weighted by molar-refractivity contribution is -0.137. The third-order valence-electron chi connectivity index (χ3n) is 3.75. The molecule has 120 valence electrons. The highest BCUT2D eigenvalue weighted by molar-refractivity contribution is 5.98. The lowest BCUT2D eigenvalue weighted by Crippen LogP contribution is -2.30. The van der Waals surface area contributed by atoms with Crippen LogP contribution in [-0.2, 0) is 4.79 Å². The number of aromatic nitrogens is 1. The number of nitrogens with one attached hydrogen (secondary N) is 1. The predicted molar refractivity (Wildman–Crippen MR) is 90.6 cm³/mol. The molecular weight excluding hydrogens is 304 g/mol. The maximum atomic E-state index is 12.5. The minimum Gasteiger partial charge on any atom is -0.481 e. The van der Waals surface area contributed by atoms with Crippen LogP contribution in [0.25, 0.3) is 10.9 Å². The van der Waals surface area contributed by atoms with Gasteiger partial charge in [-0.15, -0.1) is 0 Å². The summed E-state index contributed by atoms with van der Waals surface area (Å²) in [7, 11) is 0. The van der Waals surface area contributed by atoms with Gasteiger partial charge in [0.15, 0.2) is 0 Å². The van der Waals surface area contributed by atoms with Crippen molar-refractivity contribution in [3.8, 4) is 0 Å². The second kappa shape index (κ2) is 6.91. The van der Waals surface area contributed by atoms with Crippen molar-refractivity contribution in [3.63, 3.8) is 0 Å². The fraction of sp³-hybridized carbons (Fsp3) is 0.105. The molecule has 0 aliphatic carbocycles. The van der Waals surface area contributed by atoms with Gasteiger partial charge in [-0.05, 0) is 29.8 Å². The first-order valence-corrected chi connectivity index (χ1v) is 7.56. The van der Waals surface area contributed by atoms with E-state index in [1.165, 1.54) is 0 Å². The summed E-state index contributed by atoms with van der Waals surface area (Å²) in [6.07, 6.45) is 1.52. The second-order valence-corrected chi connectivity index (χ2v) is 5.45. The molecule has 3 aromatic rings. The minimum atomic E-state index is -0.966. The summed E-state index contributed by atoms with van der Waals surface area (Å²) < 4.78 is 0. The number of carboxylic acids is 1. The third-order valence-corrected chi connectivity index (χ3v) is 3.75. The molecule has 0 aliphatic rings. The molecule has 2 N–H and O–H groups in total. The van der Waals surface area contributed by atoms with E-state index in [0.29, 0.717) is 5.56 Å². The number of pyridine rings is 1. The van der Waals surface area contributed by atoms with E-state index in [9.17, 15) is 9.59 Å². The molecule has 2 aromatic carbocycles. The topological polar surface area (TPSA) is 79.3 Å². The van der Waals surface area contributed by atoms with E-state index in [1.807, 2.05) is 24.3 Å². The molecule has 24 heavy (non-hydrogen) atoms. The Balaban J connectivity index is 1.85. The number of amides is 1. The van der Waals surface area contributed by atoms with Crippen LogP contribution >= 0.6 is 0 Å². The zero-order valence-corrected chi connectivity index (χ0v) is 12.8. The standard InChI is InChI=1S/C19H16N2O3/c22-18(23)12-17(13-5-2-1-3-6-13)21-19(24)15-8-9-16-14(11-15)7-4-10-20-16/h1-11,17H,12H2,(H,21,24)(H,22,23)/t17-/m0/s1. The lowest BCUT2D eigenvalue weighted by Gasteiger charge is -2.17. The number of carbonyl (C=O) groups is 2. The zero-order chi connectivity index (χ0) is 16.9. The van der Waals surface area contributed by atoms with Gasteiger partial charge in [-0.1, -0.05) is 36.4 Å². The molecule has 1 atom stereocenters. The zero-order valence-electron chi connectivity index (χ0n) is 12.8. The molecule has 0 bridgehead atoms. The van der Waals surface area contributed by atoms with Gasteiger partial charge in [-0.3, -0.25) is 14.6 Å². The lowest BCUT2D eigenvalue weighted by atomic mass is 10.0. The first-order valence-electron chi connectivity index (χ1n) is 7.56. The molecule has 0 saturated carbocycles. The molecule has 1 heterocycles. The van der Waals surface area contributed by atoms with Crippen molar-refractivity contribution < 1.29 is 14.7 Å². The van der Waals surface area contributed by atoms with Crippen molar-refractivity contribution >= 4 is 22.8 Å². The minimum absolute atomic E-state index is 0.176. The Morgan fingerprint density at radius 3 is 2.58 bits per heavy atom. The normalized spacial score (nSPS) is 11.8. The first kappa shape index (κ1) is 15.7. The highest BCUT2D eigenvalue weighted by Gasteiger charge is 2.19. The van der Waals surface area contributed by atoms with Gasteiger partial charge in [-0.25, -0.2) is 0 Å². The summed E-state index contributed by atoms with van der Waals surface area (Å²) in [4.78, 5) is 27.9. The molecule has 0 radical (unpaired) electrons. The van der Waals surface area contributed by atoms with Crippen molar-refractivity contribution in [1.29, 1.82) is 0 Å². The molecule has 0 unspecified atom stereocenters. The number of benzene rings is 2. The molecule has 3 rings (SSSR count). The number of carboxylic acid groups (broad SMARTS) is 1. The Hall–Kier alpha value is -3.21. The van der Waals surface area contributed by atoms with Crippen LogP contribution < -0.4 is 5.32 Å². The summed E-state index contributed by atoms with van der Waals surface area (Å²) in [6.45, 7) is 0. The predicted octanol–water partition coefficient (Wildman–Crippen LogP) is 3.18. The van der Waals surface area contributed by atoms with Gasteiger partial charge in [0.25, 0.3) is 5.91 Å². The molecule has 1 aromatic heterocycles. The van der Waals surface area contributed by atoms with E-state index in [4.69, 9.17) is 5.11 Å². The van der Waals surface area contributed by atoms with Gasteiger partial charge in [-0.2, -0.15) is 0 Å². The van der Waals surface area contributed by atoms with Crippen LogP contribution in [0.15, 0.2) is 66.9 Å². The van der Waals surface area contributed by atoms with Crippen LogP contribution in [0, 0.1) is 0 Å². The van der Waals surface area contributed by atoms with Gasteiger partial charge in [0, 0.05) is 17.1 Å². The van der Waals surface area contributed by atoms with Crippen LogP contribution in [0.2, 0.25) is 0 Å². The highest BCUT2D eigenvalue weighted by atomic mass is 16.4. The Morgan fingerprint density at radius 1 is 1.04 bits per heavy atom. The van der Waals surface area contributed by atoms with Crippen molar-refractivity contribution in [3.05, 3.63) is 78.0 Å². The number of hydrogen-bond acceptors (Lipinski definition) is 3. The molecular formula is C19H16N2O3. The largest absolute Gasteiger partial charge is 0.481 e. The number of fused-ring (bicyclic) bond motifs is 1. The van der Waals surface area contributed by atoms with E-state index in [2.05, 4.69) is 10.3 Å². The maximum Gasteiger partial charge on any atom is 0.305 e. The van der Waals surface area contributed by atoms with E-state index in [1.54, 1.807) is 42.6 Å². The number of nitrogens with zero attached hydrogens (tertiary/aromatic N) is 1. The number of aliphatic carboxylic acids is 1. The SMILES string of the molecule is O=C(O)C[C@H](NC(=O)c1ccc2ncccc2c1)c1ccccc1. The molecule has 5 nitrogen and oxygen atoms in total. The quantitative estimate of drug-likeness (QED) is 0.757. The molecule has 0 spiro atoms. The number of rotatable bonds is 5. The third kappa shape index (κ3) is 3.57. The van der Waals surface area contributed by atoms with Gasteiger partial charge in [0.05, 0.1) is 18.0 Å². The van der Waals surface area contributed by atoms with Crippen LogP contribution in [0.3, 0.4) is 0 Å². The smallest absolute Gasteiger partial charge is 0.305 e. The van der Waals surface area contributed by atoms with Crippen LogP contribution in [0.5, 0.6) is 0 Å². The molecule has 1 amide bonds. The molecule has 0 fully saturated rings. The Labute approximate surface area is 139 Å². The summed E-state index contributed by atoms with van der Waals surface area (Å²) in [5.74, 6) is -1.28. The van der Waals surface area contributed by atoms with E-state index in [0.717, 1.165) is 16.5 Å². The summed E-state index contributed by atoms with van der Waals surface area (Å²) in [5.41, 5.74) is 2.04. The second-order valence-electron chi connectivity index (χ2n) is 5.45. The average molecular weight is 320 g/mol. The van der Waals surface area contributed by atoms with Gasteiger partial charge in [0.1, 0.15) is 0 Å². The van der Waals surface area contributed by atoms with Crippen molar-refractivity contribution in [2.75, 3.05) is 0 Å². The van der Waals surface area contributed by atoms with Gasteiger partial charge >= 0.3 is 5.97 Å². The average Bonchev–Trinajstić information content (AvgIpc) is 2.61. The fourth-order valence-electron chi connectivity index (χ4n) is 2.57. The summed E-state index contributed by atoms with van der Waals surface area (Å²) in [6, 6.07) is 17.4. The van der Waals surface area contributed by atoms with Crippen molar-refractivity contribution in [2.45, 2.75) is 12.5 Å². The summed E-state index contributed by atoms with van der Waals surface area (Å²) in [5, 5.41) is 12.8.